The first-order valence-electron chi connectivity index (χ1n) is 6.73. The Morgan fingerprint density at radius 3 is 2.81 bits per heavy atom. The third-order valence-electron chi connectivity index (χ3n) is 3.27. The monoisotopic (exact) mass is 227 g/mol. The van der Waals surface area contributed by atoms with Crippen LogP contribution >= 0.6 is 0 Å². The summed E-state index contributed by atoms with van der Waals surface area (Å²) in [6.45, 7) is 5.45. The van der Waals surface area contributed by atoms with Crippen molar-refractivity contribution in [3.8, 4) is 0 Å². The van der Waals surface area contributed by atoms with E-state index in [1.54, 1.807) is 0 Å². The van der Waals surface area contributed by atoms with Gasteiger partial charge in [0.15, 0.2) is 0 Å². The predicted molar refractivity (Wildman–Crippen MR) is 65.5 cm³/mol. The van der Waals surface area contributed by atoms with Gasteiger partial charge in [-0.2, -0.15) is 0 Å². The number of amides is 1. The number of unbranched alkanes of at least 4 members (excludes halogenated alkanes) is 2. The highest BCUT2D eigenvalue weighted by Crippen LogP contribution is 2.22. The Morgan fingerprint density at radius 2 is 2.12 bits per heavy atom. The third kappa shape index (κ3) is 4.03. The first kappa shape index (κ1) is 13.3. The van der Waals surface area contributed by atoms with Crippen LogP contribution in [0.2, 0.25) is 0 Å². The van der Waals surface area contributed by atoms with E-state index in [0.717, 1.165) is 25.8 Å². The maximum absolute atomic E-state index is 11.7. The molecule has 1 rings (SSSR count). The molecule has 1 saturated heterocycles. The summed E-state index contributed by atoms with van der Waals surface area (Å²) in [5.41, 5.74) is 0. The number of likely N-dealkylation sites (tertiary alicyclic amines) is 1. The van der Waals surface area contributed by atoms with Crippen LogP contribution in [0.15, 0.2) is 0 Å². The molecule has 1 heterocycles. The fraction of sp³-hybridized carbons (Fsp3) is 0.923. The van der Waals surface area contributed by atoms with Crippen molar-refractivity contribution in [2.75, 3.05) is 13.2 Å². The number of ether oxygens (including phenoxy) is 1. The molecule has 0 saturated carbocycles. The molecule has 94 valence electrons. The van der Waals surface area contributed by atoms with Crippen molar-refractivity contribution >= 4 is 6.09 Å². The summed E-state index contributed by atoms with van der Waals surface area (Å²) in [6.07, 6.45) is 8.32. The normalized spacial score (nSPS) is 20.9. The van der Waals surface area contributed by atoms with Crippen LogP contribution in [-0.4, -0.2) is 30.2 Å². The SMILES string of the molecule is CCCCC[C@@H]1CCCCN1C(=O)OCC. The molecule has 0 bridgehead atoms. The van der Waals surface area contributed by atoms with E-state index in [1.165, 1.54) is 25.7 Å². The minimum atomic E-state index is -0.108. The summed E-state index contributed by atoms with van der Waals surface area (Å²) < 4.78 is 5.10. The molecular formula is C13H25NO2. The van der Waals surface area contributed by atoms with Gasteiger partial charge < -0.3 is 9.64 Å². The van der Waals surface area contributed by atoms with Crippen molar-refractivity contribution in [3.63, 3.8) is 0 Å². The zero-order valence-corrected chi connectivity index (χ0v) is 10.7. The average molecular weight is 227 g/mol. The number of piperidine rings is 1. The van der Waals surface area contributed by atoms with Crippen molar-refractivity contribution in [1.29, 1.82) is 0 Å². The molecule has 0 unspecified atom stereocenters. The first-order chi connectivity index (χ1) is 7.79. The van der Waals surface area contributed by atoms with Gasteiger partial charge in [0.1, 0.15) is 0 Å². The summed E-state index contributed by atoms with van der Waals surface area (Å²) in [5, 5.41) is 0. The molecule has 0 aromatic heterocycles. The van der Waals surface area contributed by atoms with Gasteiger partial charge in [0.05, 0.1) is 6.61 Å². The molecule has 0 radical (unpaired) electrons. The van der Waals surface area contributed by atoms with Crippen LogP contribution in [0.1, 0.15) is 58.8 Å². The van der Waals surface area contributed by atoms with Gasteiger partial charge in [0.2, 0.25) is 0 Å². The van der Waals surface area contributed by atoms with E-state index in [9.17, 15) is 4.79 Å². The maximum atomic E-state index is 11.7. The Labute approximate surface area is 99.1 Å². The molecule has 0 aromatic carbocycles. The zero-order chi connectivity index (χ0) is 11.8. The van der Waals surface area contributed by atoms with Gasteiger partial charge in [-0.3, -0.25) is 0 Å². The Hall–Kier alpha value is -0.730. The average Bonchev–Trinajstić information content (AvgIpc) is 2.30. The van der Waals surface area contributed by atoms with Crippen molar-refractivity contribution in [2.45, 2.75) is 64.8 Å². The van der Waals surface area contributed by atoms with Crippen molar-refractivity contribution in [2.24, 2.45) is 0 Å². The molecule has 16 heavy (non-hydrogen) atoms. The lowest BCUT2D eigenvalue weighted by atomic mass is 9.97. The van der Waals surface area contributed by atoms with Crippen LogP contribution in [0.5, 0.6) is 0 Å². The zero-order valence-electron chi connectivity index (χ0n) is 10.7. The first-order valence-corrected chi connectivity index (χ1v) is 6.73. The second kappa shape index (κ2) is 7.53. The van der Waals surface area contributed by atoms with E-state index in [2.05, 4.69) is 6.92 Å². The standard InChI is InChI=1S/C13H25NO2/c1-3-5-6-9-12-10-7-8-11-14(12)13(15)16-4-2/h12H,3-11H2,1-2H3/t12-/m1/s1. The molecule has 3 nitrogen and oxygen atoms in total. The highest BCUT2D eigenvalue weighted by atomic mass is 16.6. The number of nitrogens with zero attached hydrogens (tertiary/aromatic N) is 1. The summed E-state index contributed by atoms with van der Waals surface area (Å²) in [7, 11) is 0. The topological polar surface area (TPSA) is 29.5 Å². The minimum absolute atomic E-state index is 0.108. The molecule has 0 aliphatic carbocycles. The fourth-order valence-electron chi connectivity index (χ4n) is 2.38. The van der Waals surface area contributed by atoms with Crippen LogP contribution in [0.4, 0.5) is 4.79 Å². The van der Waals surface area contributed by atoms with E-state index >= 15 is 0 Å². The third-order valence-corrected chi connectivity index (χ3v) is 3.27. The minimum Gasteiger partial charge on any atom is -0.450 e. The van der Waals surface area contributed by atoms with Crippen LogP contribution in [0.25, 0.3) is 0 Å². The van der Waals surface area contributed by atoms with Crippen LogP contribution in [0.3, 0.4) is 0 Å². The van der Waals surface area contributed by atoms with E-state index in [1.807, 2.05) is 11.8 Å². The Kier molecular flexibility index (Phi) is 6.27. The van der Waals surface area contributed by atoms with Gasteiger partial charge in [0, 0.05) is 12.6 Å². The number of hydrogen-bond donors (Lipinski definition) is 0. The number of rotatable bonds is 5. The second-order valence-corrected chi connectivity index (χ2v) is 4.54. The smallest absolute Gasteiger partial charge is 0.409 e. The number of carbonyl (C=O) groups excluding carboxylic acids is 1. The van der Waals surface area contributed by atoms with E-state index < -0.39 is 0 Å². The number of carbonyl (C=O) groups is 1. The molecule has 0 spiro atoms. The quantitative estimate of drug-likeness (QED) is 0.672. The fourth-order valence-corrected chi connectivity index (χ4v) is 2.38. The highest BCUT2D eigenvalue weighted by Gasteiger charge is 2.26. The van der Waals surface area contributed by atoms with Gasteiger partial charge in [-0.05, 0) is 32.6 Å². The van der Waals surface area contributed by atoms with Crippen molar-refractivity contribution < 1.29 is 9.53 Å². The summed E-state index contributed by atoms with van der Waals surface area (Å²) >= 11 is 0. The molecule has 1 amide bonds. The Bertz CT molecular complexity index is 206. The molecule has 1 aliphatic heterocycles. The lowest BCUT2D eigenvalue weighted by molar-refractivity contribution is 0.0738. The van der Waals surface area contributed by atoms with Crippen LogP contribution in [0, 0.1) is 0 Å². The second-order valence-electron chi connectivity index (χ2n) is 4.54. The van der Waals surface area contributed by atoms with Gasteiger partial charge in [-0.1, -0.05) is 26.2 Å². The molecule has 0 aromatic rings. The molecular weight excluding hydrogens is 202 g/mol. The number of hydrogen-bond acceptors (Lipinski definition) is 2. The molecule has 1 aliphatic rings. The van der Waals surface area contributed by atoms with Crippen LogP contribution in [-0.2, 0) is 4.74 Å². The summed E-state index contributed by atoms with van der Waals surface area (Å²) in [4.78, 5) is 13.7. The van der Waals surface area contributed by atoms with E-state index in [4.69, 9.17) is 4.74 Å². The van der Waals surface area contributed by atoms with Gasteiger partial charge >= 0.3 is 6.09 Å². The van der Waals surface area contributed by atoms with Crippen LogP contribution < -0.4 is 0 Å². The predicted octanol–water partition coefficient (Wildman–Crippen LogP) is 3.58. The summed E-state index contributed by atoms with van der Waals surface area (Å²) in [5.74, 6) is 0. The molecule has 1 atom stereocenters. The van der Waals surface area contributed by atoms with Gasteiger partial charge in [-0.15, -0.1) is 0 Å². The van der Waals surface area contributed by atoms with Gasteiger partial charge in [-0.25, -0.2) is 4.79 Å². The molecule has 3 heteroatoms. The Balaban J connectivity index is 2.40. The Morgan fingerprint density at radius 1 is 1.31 bits per heavy atom. The van der Waals surface area contributed by atoms with E-state index in [0.29, 0.717) is 12.6 Å². The van der Waals surface area contributed by atoms with E-state index in [-0.39, 0.29) is 6.09 Å². The largest absolute Gasteiger partial charge is 0.450 e. The lowest BCUT2D eigenvalue weighted by Gasteiger charge is -2.34. The molecule has 1 fully saturated rings. The summed E-state index contributed by atoms with van der Waals surface area (Å²) in [6, 6.07) is 0.430. The highest BCUT2D eigenvalue weighted by molar-refractivity contribution is 5.68. The van der Waals surface area contributed by atoms with Crippen molar-refractivity contribution in [1.82, 2.24) is 4.90 Å². The molecule has 0 N–H and O–H groups in total. The maximum Gasteiger partial charge on any atom is 0.409 e. The van der Waals surface area contributed by atoms with Crippen molar-refractivity contribution in [3.05, 3.63) is 0 Å². The lowest BCUT2D eigenvalue weighted by Crippen LogP contribution is -2.44. The van der Waals surface area contributed by atoms with Gasteiger partial charge in [0.25, 0.3) is 0 Å².